The lowest BCUT2D eigenvalue weighted by Gasteiger charge is -2.34. The van der Waals surface area contributed by atoms with Crippen LogP contribution in [0.4, 0.5) is 0 Å². The predicted molar refractivity (Wildman–Crippen MR) is 99.0 cm³/mol. The van der Waals surface area contributed by atoms with Gasteiger partial charge in [-0.15, -0.1) is 22.7 Å². The molecule has 0 amide bonds. The summed E-state index contributed by atoms with van der Waals surface area (Å²) in [6, 6.07) is 0. The van der Waals surface area contributed by atoms with Crippen molar-refractivity contribution in [3.8, 4) is 10.6 Å². The molecule has 0 radical (unpaired) electrons. The van der Waals surface area contributed by atoms with Crippen molar-refractivity contribution in [1.82, 2.24) is 9.97 Å². The van der Waals surface area contributed by atoms with Gasteiger partial charge in [0.15, 0.2) is 0 Å². The van der Waals surface area contributed by atoms with Crippen molar-refractivity contribution < 1.29 is 19.7 Å². The fourth-order valence-corrected chi connectivity index (χ4v) is 4.85. The lowest BCUT2D eigenvalue weighted by Crippen LogP contribution is -2.37. The van der Waals surface area contributed by atoms with Gasteiger partial charge >= 0.3 is 0 Å². The second kappa shape index (κ2) is 7.82. The van der Waals surface area contributed by atoms with Crippen molar-refractivity contribution in [3.63, 3.8) is 0 Å². The highest BCUT2D eigenvalue weighted by Crippen LogP contribution is 2.36. The number of ketones is 1. The molecule has 0 spiro atoms. The summed E-state index contributed by atoms with van der Waals surface area (Å²) >= 11 is 2.78. The minimum atomic E-state index is -0.193. The van der Waals surface area contributed by atoms with Crippen LogP contribution in [-0.2, 0) is 29.2 Å². The number of aromatic nitrogens is 2. The Morgan fingerprint density at radius 3 is 2.69 bits per heavy atom. The summed E-state index contributed by atoms with van der Waals surface area (Å²) in [5, 5.41) is 21.9. The molecule has 0 unspecified atom stereocenters. The molecule has 2 heterocycles. The topological polar surface area (TPSA) is 92.5 Å². The normalized spacial score (nSPS) is 22.4. The van der Waals surface area contributed by atoms with Gasteiger partial charge in [0, 0.05) is 17.9 Å². The quantitative estimate of drug-likeness (QED) is 0.679. The summed E-state index contributed by atoms with van der Waals surface area (Å²) in [5.41, 5.74) is 1.25. The Labute approximate surface area is 159 Å². The number of hydrogen-bond acceptors (Lipinski definition) is 8. The lowest BCUT2D eigenvalue weighted by molar-refractivity contribution is -0.131. The van der Waals surface area contributed by atoms with E-state index < -0.39 is 0 Å². The van der Waals surface area contributed by atoms with Crippen LogP contribution in [0.5, 0.6) is 0 Å². The third kappa shape index (κ3) is 4.04. The first-order valence-electron chi connectivity index (χ1n) is 8.95. The van der Waals surface area contributed by atoms with Gasteiger partial charge in [0.2, 0.25) is 0 Å². The van der Waals surface area contributed by atoms with Crippen LogP contribution < -0.4 is 0 Å². The van der Waals surface area contributed by atoms with E-state index in [2.05, 4.69) is 9.97 Å². The van der Waals surface area contributed by atoms with E-state index in [4.69, 9.17) is 4.74 Å². The number of carbonyl (C=O) groups excluding carboxylic acids is 1. The van der Waals surface area contributed by atoms with Gasteiger partial charge in [-0.2, -0.15) is 0 Å². The molecule has 2 aromatic heterocycles. The minimum Gasteiger partial charge on any atom is -0.390 e. The van der Waals surface area contributed by atoms with E-state index in [1.54, 1.807) is 0 Å². The predicted octanol–water partition coefficient (Wildman–Crippen LogP) is 2.57. The van der Waals surface area contributed by atoms with Crippen LogP contribution in [-0.4, -0.2) is 38.7 Å². The number of hydrogen-bond donors (Lipinski definition) is 2. The SMILES string of the molecule is O=C(Cc1nc(-c2sc(CO)nc2CO)cs1)C1CC(OCC2CC2)C1. The minimum absolute atomic E-state index is 0.101. The molecule has 2 aliphatic carbocycles. The molecule has 0 bridgehead atoms. The number of carbonyl (C=O) groups is 1. The largest absolute Gasteiger partial charge is 0.390 e. The molecule has 2 aliphatic rings. The Balaban J connectivity index is 1.32. The highest BCUT2D eigenvalue weighted by atomic mass is 32.1. The summed E-state index contributed by atoms with van der Waals surface area (Å²) in [7, 11) is 0. The highest BCUT2D eigenvalue weighted by molar-refractivity contribution is 7.16. The smallest absolute Gasteiger partial charge is 0.142 e. The van der Waals surface area contributed by atoms with E-state index in [1.165, 1.54) is 35.5 Å². The molecule has 0 aromatic carbocycles. The number of aliphatic hydroxyl groups is 2. The number of rotatable bonds is 9. The monoisotopic (exact) mass is 394 g/mol. The Bertz CT molecular complexity index is 778. The van der Waals surface area contributed by atoms with E-state index in [1.807, 2.05) is 5.38 Å². The summed E-state index contributed by atoms with van der Waals surface area (Å²) in [6.07, 6.45) is 4.88. The van der Waals surface area contributed by atoms with Gasteiger partial charge < -0.3 is 14.9 Å². The maximum absolute atomic E-state index is 12.4. The lowest BCUT2D eigenvalue weighted by atomic mass is 9.78. The molecule has 2 saturated carbocycles. The molecule has 2 aromatic rings. The molecule has 2 fully saturated rings. The average Bonchev–Trinajstić information content (AvgIpc) is 3.15. The number of nitrogens with zero attached hydrogens (tertiary/aromatic N) is 2. The third-order valence-corrected chi connectivity index (χ3v) is 6.90. The molecule has 26 heavy (non-hydrogen) atoms. The van der Waals surface area contributed by atoms with Crippen LogP contribution in [0.1, 0.15) is 41.4 Å². The van der Waals surface area contributed by atoms with Crippen molar-refractivity contribution in [2.75, 3.05) is 6.61 Å². The van der Waals surface area contributed by atoms with E-state index in [-0.39, 0.29) is 31.0 Å². The number of aliphatic hydroxyl groups excluding tert-OH is 2. The number of Topliss-reactive ketones (excluding diaryl/α,β-unsaturated/α-hetero) is 1. The zero-order valence-electron chi connectivity index (χ0n) is 14.4. The molecule has 0 aliphatic heterocycles. The van der Waals surface area contributed by atoms with Gasteiger partial charge in [-0.25, -0.2) is 9.97 Å². The van der Waals surface area contributed by atoms with Crippen LogP contribution in [0.25, 0.3) is 10.6 Å². The summed E-state index contributed by atoms with van der Waals surface area (Å²) in [5.74, 6) is 1.10. The van der Waals surface area contributed by atoms with Crippen molar-refractivity contribution in [1.29, 1.82) is 0 Å². The van der Waals surface area contributed by atoms with Crippen LogP contribution in [0.15, 0.2) is 5.38 Å². The molecule has 2 N–H and O–H groups in total. The van der Waals surface area contributed by atoms with Crippen LogP contribution in [0, 0.1) is 11.8 Å². The summed E-state index contributed by atoms with van der Waals surface area (Å²) in [4.78, 5) is 21.9. The van der Waals surface area contributed by atoms with Gasteiger partial charge in [0.05, 0.1) is 42.0 Å². The molecule has 0 atom stereocenters. The van der Waals surface area contributed by atoms with Crippen molar-refractivity contribution >= 4 is 28.5 Å². The number of thiazole rings is 2. The maximum atomic E-state index is 12.4. The van der Waals surface area contributed by atoms with Crippen molar-refractivity contribution in [2.24, 2.45) is 11.8 Å². The molecular weight excluding hydrogens is 372 g/mol. The third-order valence-electron chi connectivity index (χ3n) is 4.95. The second-order valence-electron chi connectivity index (χ2n) is 7.04. The van der Waals surface area contributed by atoms with Crippen molar-refractivity contribution in [2.45, 2.75) is 51.4 Å². The summed E-state index contributed by atoms with van der Waals surface area (Å²) in [6.45, 7) is 0.514. The Kier molecular flexibility index (Phi) is 5.47. The van der Waals surface area contributed by atoms with E-state index >= 15 is 0 Å². The maximum Gasteiger partial charge on any atom is 0.142 e. The van der Waals surface area contributed by atoms with Crippen LogP contribution >= 0.6 is 22.7 Å². The molecule has 8 heteroatoms. The standard InChI is InChI=1S/C18H22N2O4S2/c21-6-13-18(26-17(7-22)19-13)14-9-25-16(20-14)5-15(23)11-3-12(4-11)24-8-10-1-2-10/h9-12,21-22H,1-8H2. The van der Waals surface area contributed by atoms with Gasteiger partial charge in [-0.05, 0) is 31.6 Å². The molecule has 6 nitrogen and oxygen atoms in total. The van der Waals surface area contributed by atoms with E-state index in [0.29, 0.717) is 17.1 Å². The molecule has 0 saturated heterocycles. The first kappa shape index (κ1) is 18.2. The molecular formula is C18H22N2O4S2. The average molecular weight is 395 g/mol. The van der Waals surface area contributed by atoms with Gasteiger partial charge in [-0.1, -0.05) is 0 Å². The van der Waals surface area contributed by atoms with Gasteiger partial charge in [0.1, 0.15) is 15.8 Å². The zero-order valence-corrected chi connectivity index (χ0v) is 16.0. The Hall–Kier alpha value is -1.19. The van der Waals surface area contributed by atoms with Crippen LogP contribution in [0.2, 0.25) is 0 Å². The van der Waals surface area contributed by atoms with Crippen LogP contribution in [0.3, 0.4) is 0 Å². The van der Waals surface area contributed by atoms with Gasteiger partial charge in [-0.3, -0.25) is 4.79 Å². The fourth-order valence-electron chi connectivity index (χ4n) is 3.09. The first-order valence-corrected chi connectivity index (χ1v) is 10.6. The Morgan fingerprint density at radius 1 is 1.19 bits per heavy atom. The second-order valence-corrected chi connectivity index (χ2v) is 9.06. The molecule has 4 rings (SSSR count). The first-order chi connectivity index (χ1) is 12.7. The van der Waals surface area contributed by atoms with E-state index in [0.717, 1.165) is 40.9 Å². The fraction of sp³-hybridized carbons (Fsp3) is 0.611. The zero-order chi connectivity index (χ0) is 18.1. The Morgan fingerprint density at radius 2 is 2.00 bits per heavy atom. The van der Waals surface area contributed by atoms with Crippen molar-refractivity contribution in [3.05, 3.63) is 21.1 Å². The summed E-state index contributed by atoms with van der Waals surface area (Å²) < 4.78 is 5.82. The highest BCUT2D eigenvalue weighted by Gasteiger charge is 2.36. The van der Waals surface area contributed by atoms with Gasteiger partial charge in [0.25, 0.3) is 0 Å². The number of ether oxygens (including phenoxy) is 1. The molecule has 140 valence electrons. The van der Waals surface area contributed by atoms with E-state index in [9.17, 15) is 15.0 Å².